The summed E-state index contributed by atoms with van der Waals surface area (Å²) >= 11 is 0. The minimum absolute atomic E-state index is 0.0744. The zero-order chi connectivity index (χ0) is 15.1. The molecule has 0 aliphatic carbocycles. The standard InChI is InChI=1S/C15H18FNO3/c1-11(10-19)17(2)15(20)13-7-6-12(14(16)9-13)5-3-4-8-18/h6-7,9,11,18-19H,4,8,10H2,1-2H3. The van der Waals surface area contributed by atoms with Crippen LogP contribution in [0.25, 0.3) is 0 Å². The minimum atomic E-state index is -0.577. The molecule has 4 nitrogen and oxygen atoms in total. The number of aliphatic hydroxyl groups excluding tert-OH is 2. The van der Waals surface area contributed by atoms with Crippen LogP contribution < -0.4 is 0 Å². The van der Waals surface area contributed by atoms with Crippen LogP contribution >= 0.6 is 0 Å². The Balaban J connectivity index is 2.93. The van der Waals surface area contributed by atoms with Gasteiger partial charge in [-0.1, -0.05) is 11.8 Å². The molecule has 1 amide bonds. The molecule has 1 aromatic rings. The van der Waals surface area contributed by atoms with E-state index < -0.39 is 5.82 Å². The summed E-state index contributed by atoms with van der Waals surface area (Å²) in [5, 5.41) is 17.6. The maximum Gasteiger partial charge on any atom is 0.254 e. The maximum absolute atomic E-state index is 13.8. The fourth-order valence-corrected chi connectivity index (χ4v) is 1.49. The van der Waals surface area contributed by atoms with Crippen molar-refractivity contribution in [1.82, 2.24) is 4.90 Å². The highest BCUT2D eigenvalue weighted by Gasteiger charge is 2.17. The first kappa shape index (κ1) is 16.2. The molecule has 0 bridgehead atoms. The summed E-state index contributed by atoms with van der Waals surface area (Å²) in [5.41, 5.74) is 0.394. The van der Waals surface area contributed by atoms with Crippen molar-refractivity contribution < 1.29 is 19.4 Å². The number of nitrogens with zero attached hydrogens (tertiary/aromatic N) is 1. The van der Waals surface area contributed by atoms with Crippen molar-refractivity contribution in [3.05, 3.63) is 35.1 Å². The Kier molecular flexibility index (Phi) is 6.16. The van der Waals surface area contributed by atoms with Crippen LogP contribution in [0.2, 0.25) is 0 Å². The molecule has 0 saturated carbocycles. The third kappa shape index (κ3) is 4.05. The second-order valence-corrected chi connectivity index (χ2v) is 4.42. The molecule has 108 valence electrons. The van der Waals surface area contributed by atoms with Crippen LogP contribution in [0.5, 0.6) is 0 Å². The van der Waals surface area contributed by atoms with Gasteiger partial charge >= 0.3 is 0 Å². The molecule has 0 aliphatic rings. The topological polar surface area (TPSA) is 60.8 Å². The normalized spacial score (nSPS) is 11.4. The van der Waals surface area contributed by atoms with Crippen molar-refractivity contribution in [3.63, 3.8) is 0 Å². The zero-order valence-electron chi connectivity index (χ0n) is 11.6. The van der Waals surface area contributed by atoms with E-state index >= 15 is 0 Å². The van der Waals surface area contributed by atoms with Crippen LogP contribution in [0.4, 0.5) is 4.39 Å². The number of benzene rings is 1. The minimum Gasteiger partial charge on any atom is -0.395 e. The van der Waals surface area contributed by atoms with Crippen molar-refractivity contribution in [2.24, 2.45) is 0 Å². The monoisotopic (exact) mass is 279 g/mol. The Morgan fingerprint density at radius 1 is 1.45 bits per heavy atom. The van der Waals surface area contributed by atoms with E-state index in [9.17, 15) is 9.18 Å². The van der Waals surface area contributed by atoms with E-state index in [1.807, 2.05) is 0 Å². The molecule has 0 saturated heterocycles. The van der Waals surface area contributed by atoms with Gasteiger partial charge in [0, 0.05) is 19.0 Å². The molecule has 5 heteroatoms. The summed E-state index contributed by atoms with van der Waals surface area (Å²) in [6.45, 7) is 1.47. The number of aliphatic hydroxyl groups is 2. The molecule has 1 atom stereocenters. The summed E-state index contributed by atoms with van der Waals surface area (Å²) in [6, 6.07) is 3.72. The summed E-state index contributed by atoms with van der Waals surface area (Å²) in [5.74, 6) is 4.28. The van der Waals surface area contributed by atoms with Crippen molar-refractivity contribution >= 4 is 5.91 Å². The number of likely N-dealkylation sites (N-methyl/N-ethyl adjacent to an activating group) is 1. The predicted molar refractivity (Wildman–Crippen MR) is 73.6 cm³/mol. The lowest BCUT2D eigenvalue weighted by Gasteiger charge is -2.23. The van der Waals surface area contributed by atoms with Gasteiger partial charge in [-0.3, -0.25) is 4.79 Å². The molecular formula is C15H18FNO3. The molecule has 0 heterocycles. The number of hydrogen-bond acceptors (Lipinski definition) is 3. The summed E-state index contributed by atoms with van der Waals surface area (Å²) in [4.78, 5) is 13.4. The van der Waals surface area contributed by atoms with Crippen LogP contribution in [0, 0.1) is 17.7 Å². The first-order valence-corrected chi connectivity index (χ1v) is 6.28. The Bertz CT molecular complexity index is 534. The van der Waals surface area contributed by atoms with E-state index in [0.717, 1.165) is 6.07 Å². The molecule has 0 aliphatic heterocycles. The van der Waals surface area contributed by atoms with Crippen LogP contribution in [-0.2, 0) is 0 Å². The van der Waals surface area contributed by atoms with Crippen LogP contribution in [0.3, 0.4) is 0 Å². The van der Waals surface area contributed by atoms with E-state index in [1.165, 1.54) is 17.0 Å². The largest absolute Gasteiger partial charge is 0.395 e. The van der Waals surface area contributed by atoms with E-state index in [0.29, 0.717) is 0 Å². The predicted octanol–water partition coefficient (Wildman–Crippen LogP) is 1.01. The first-order chi connectivity index (χ1) is 9.51. The molecule has 20 heavy (non-hydrogen) atoms. The lowest BCUT2D eigenvalue weighted by Crippen LogP contribution is -2.37. The number of carbonyl (C=O) groups excluding carboxylic acids is 1. The van der Waals surface area contributed by atoms with Gasteiger partial charge in [0.25, 0.3) is 5.91 Å². The van der Waals surface area contributed by atoms with E-state index in [-0.39, 0.29) is 42.7 Å². The molecule has 1 rings (SSSR count). The summed E-state index contributed by atoms with van der Waals surface area (Å²) in [7, 11) is 1.55. The average Bonchev–Trinajstić information content (AvgIpc) is 2.46. The van der Waals surface area contributed by atoms with Crippen LogP contribution in [-0.4, -0.2) is 47.3 Å². The molecule has 0 radical (unpaired) electrons. The molecule has 2 N–H and O–H groups in total. The second-order valence-electron chi connectivity index (χ2n) is 4.42. The quantitative estimate of drug-likeness (QED) is 0.809. The van der Waals surface area contributed by atoms with Crippen molar-refractivity contribution in [2.45, 2.75) is 19.4 Å². The van der Waals surface area contributed by atoms with Crippen LogP contribution in [0.1, 0.15) is 29.3 Å². The Morgan fingerprint density at radius 3 is 2.70 bits per heavy atom. The number of halogens is 1. The third-order valence-electron chi connectivity index (χ3n) is 2.92. The fourth-order valence-electron chi connectivity index (χ4n) is 1.49. The van der Waals surface area contributed by atoms with Gasteiger partial charge in [0.15, 0.2) is 0 Å². The summed E-state index contributed by atoms with van der Waals surface area (Å²) < 4.78 is 13.8. The lowest BCUT2D eigenvalue weighted by atomic mass is 10.1. The Hall–Kier alpha value is -1.90. The molecule has 0 fully saturated rings. The highest BCUT2D eigenvalue weighted by Crippen LogP contribution is 2.12. The van der Waals surface area contributed by atoms with Crippen molar-refractivity contribution in [2.75, 3.05) is 20.3 Å². The number of rotatable bonds is 4. The van der Waals surface area contributed by atoms with E-state index in [4.69, 9.17) is 10.2 Å². The van der Waals surface area contributed by atoms with Gasteiger partial charge in [-0.25, -0.2) is 4.39 Å². The van der Waals surface area contributed by atoms with Gasteiger partial charge in [-0.2, -0.15) is 0 Å². The van der Waals surface area contributed by atoms with Gasteiger partial charge in [0.05, 0.1) is 24.8 Å². The van der Waals surface area contributed by atoms with Crippen molar-refractivity contribution in [1.29, 1.82) is 0 Å². The number of hydrogen-bond donors (Lipinski definition) is 2. The highest BCUT2D eigenvalue weighted by atomic mass is 19.1. The van der Waals surface area contributed by atoms with E-state index in [1.54, 1.807) is 14.0 Å². The van der Waals surface area contributed by atoms with Gasteiger partial charge in [0.1, 0.15) is 5.82 Å². The number of amides is 1. The van der Waals surface area contributed by atoms with Gasteiger partial charge in [-0.15, -0.1) is 0 Å². The van der Waals surface area contributed by atoms with E-state index in [2.05, 4.69) is 11.8 Å². The molecule has 0 aromatic heterocycles. The Labute approximate surface area is 117 Å². The van der Waals surface area contributed by atoms with Crippen molar-refractivity contribution in [3.8, 4) is 11.8 Å². The van der Waals surface area contributed by atoms with Gasteiger partial charge in [0.2, 0.25) is 0 Å². The second kappa shape index (κ2) is 7.63. The molecular weight excluding hydrogens is 261 g/mol. The number of carbonyl (C=O) groups is 1. The maximum atomic E-state index is 13.8. The molecule has 0 spiro atoms. The highest BCUT2D eigenvalue weighted by molar-refractivity contribution is 5.94. The SMILES string of the molecule is CC(CO)N(C)C(=O)c1ccc(C#CCCO)c(F)c1. The fraction of sp³-hybridized carbons (Fsp3) is 0.400. The summed E-state index contributed by atoms with van der Waals surface area (Å²) in [6.07, 6.45) is 0.275. The molecule has 1 aromatic carbocycles. The smallest absolute Gasteiger partial charge is 0.254 e. The van der Waals surface area contributed by atoms with Crippen LogP contribution in [0.15, 0.2) is 18.2 Å². The van der Waals surface area contributed by atoms with Gasteiger partial charge < -0.3 is 15.1 Å². The average molecular weight is 279 g/mol. The first-order valence-electron chi connectivity index (χ1n) is 6.28. The lowest BCUT2D eigenvalue weighted by molar-refractivity contribution is 0.0681. The third-order valence-corrected chi connectivity index (χ3v) is 2.92. The van der Waals surface area contributed by atoms with Gasteiger partial charge in [-0.05, 0) is 25.1 Å². The Morgan fingerprint density at radius 2 is 2.15 bits per heavy atom. The zero-order valence-corrected chi connectivity index (χ0v) is 11.6. The molecule has 1 unspecified atom stereocenters.